The SMILES string of the molecule is CC/C=C\C/C=C\C/C=C\CCCCCCCC(=O)NCc1ccc(OC)c(OC)c1. The average molecular weight is 428 g/mol. The minimum atomic E-state index is 0.107. The van der Waals surface area contributed by atoms with Gasteiger partial charge in [-0.1, -0.05) is 68.7 Å². The molecule has 0 unspecified atom stereocenters. The molecule has 0 saturated heterocycles. The van der Waals surface area contributed by atoms with Crippen LogP contribution in [0.3, 0.4) is 0 Å². The fraction of sp³-hybridized carbons (Fsp3) is 0.519. The molecule has 1 N–H and O–H groups in total. The minimum absolute atomic E-state index is 0.107. The fourth-order valence-corrected chi connectivity index (χ4v) is 3.18. The number of rotatable bonds is 17. The molecule has 0 atom stereocenters. The van der Waals surface area contributed by atoms with Crippen LogP contribution in [0.15, 0.2) is 54.7 Å². The first-order chi connectivity index (χ1) is 15.2. The van der Waals surface area contributed by atoms with Crippen molar-refractivity contribution in [2.45, 2.75) is 77.7 Å². The van der Waals surface area contributed by atoms with Crippen molar-refractivity contribution in [3.05, 3.63) is 60.2 Å². The molecule has 0 aromatic heterocycles. The van der Waals surface area contributed by atoms with Crippen molar-refractivity contribution in [2.75, 3.05) is 14.2 Å². The molecule has 4 heteroatoms. The first-order valence-electron chi connectivity index (χ1n) is 11.6. The number of hydrogen-bond acceptors (Lipinski definition) is 3. The summed E-state index contributed by atoms with van der Waals surface area (Å²) in [5, 5.41) is 2.98. The zero-order valence-electron chi connectivity index (χ0n) is 19.7. The lowest BCUT2D eigenvalue weighted by Gasteiger charge is -2.10. The molecule has 0 aliphatic carbocycles. The number of methoxy groups -OCH3 is 2. The van der Waals surface area contributed by atoms with E-state index in [-0.39, 0.29) is 5.91 Å². The predicted molar refractivity (Wildman–Crippen MR) is 131 cm³/mol. The summed E-state index contributed by atoms with van der Waals surface area (Å²) in [6, 6.07) is 5.70. The normalized spacial score (nSPS) is 11.6. The second kappa shape index (κ2) is 18.3. The van der Waals surface area contributed by atoms with E-state index < -0.39 is 0 Å². The van der Waals surface area contributed by atoms with Crippen LogP contribution in [0.5, 0.6) is 11.5 Å². The number of benzene rings is 1. The Hall–Kier alpha value is -2.49. The molecule has 1 amide bonds. The predicted octanol–water partition coefficient (Wildman–Crippen LogP) is 6.91. The van der Waals surface area contributed by atoms with Crippen molar-refractivity contribution in [3.8, 4) is 11.5 Å². The third-order valence-corrected chi connectivity index (χ3v) is 4.99. The summed E-state index contributed by atoms with van der Waals surface area (Å²) in [6.07, 6.45) is 24.0. The maximum absolute atomic E-state index is 12.0. The number of allylic oxidation sites excluding steroid dienone is 6. The molecular formula is C27H41NO3. The Morgan fingerprint density at radius 1 is 0.839 bits per heavy atom. The maximum Gasteiger partial charge on any atom is 0.220 e. The number of nitrogens with one attached hydrogen (secondary N) is 1. The summed E-state index contributed by atoms with van der Waals surface area (Å²) < 4.78 is 10.5. The quantitative estimate of drug-likeness (QED) is 0.217. The zero-order valence-corrected chi connectivity index (χ0v) is 19.7. The van der Waals surface area contributed by atoms with E-state index in [1.165, 1.54) is 19.3 Å². The maximum atomic E-state index is 12.0. The van der Waals surface area contributed by atoms with E-state index >= 15 is 0 Å². The van der Waals surface area contributed by atoms with Gasteiger partial charge in [0, 0.05) is 13.0 Å². The van der Waals surface area contributed by atoms with Gasteiger partial charge in [0.25, 0.3) is 0 Å². The molecule has 4 nitrogen and oxygen atoms in total. The Balaban J connectivity index is 2.01. The van der Waals surface area contributed by atoms with Crippen molar-refractivity contribution in [1.82, 2.24) is 5.32 Å². The van der Waals surface area contributed by atoms with Gasteiger partial charge in [0.2, 0.25) is 5.91 Å². The highest BCUT2D eigenvalue weighted by Gasteiger charge is 2.06. The number of carbonyl (C=O) groups is 1. The fourth-order valence-electron chi connectivity index (χ4n) is 3.18. The third-order valence-electron chi connectivity index (χ3n) is 4.99. The van der Waals surface area contributed by atoms with Crippen LogP contribution in [0.25, 0.3) is 0 Å². The molecule has 0 spiro atoms. The Kier molecular flexibility index (Phi) is 15.7. The summed E-state index contributed by atoms with van der Waals surface area (Å²) in [7, 11) is 3.23. The lowest BCUT2D eigenvalue weighted by Crippen LogP contribution is -2.22. The smallest absolute Gasteiger partial charge is 0.220 e. The molecule has 0 aliphatic rings. The highest BCUT2D eigenvalue weighted by atomic mass is 16.5. The van der Waals surface area contributed by atoms with Gasteiger partial charge in [-0.05, 0) is 56.2 Å². The van der Waals surface area contributed by atoms with Gasteiger partial charge >= 0.3 is 0 Å². The highest BCUT2D eigenvalue weighted by Crippen LogP contribution is 2.27. The van der Waals surface area contributed by atoms with Gasteiger partial charge in [-0.2, -0.15) is 0 Å². The molecular weight excluding hydrogens is 386 g/mol. The van der Waals surface area contributed by atoms with Crippen molar-refractivity contribution in [1.29, 1.82) is 0 Å². The van der Waals surface area contributed by atoms with Crippen molar-refractivity contribution in [2.24, 2.45) is 0 Å². The van der Waals surface area contributed by atoms with E-state index in [0.717, 1.165) is 44.1 Å². The van der Waals surface area contributed by atoms with Crippen LogP contribution in [0.2, 0.25) is 0 Å². The molecule has 1 aromatic carbocycles. The second-order valence-electron chi connectivity index (χ2n) is 7.57. The van der Waals surface area contributed by atoms with Crippen LogP contribution in [0.4, 0.5) is 0 Å². The van der Waals surface area contributed by atoms with E-state index in [4.69, 9.17) is 9.47 Å². The van der Waals surface area contributed by atoms with Gasteiger partial charge in [0.1, 0.15) is 0 Å². The average Bonchev–Trinajstić information content (AvgIpc) is 2.79. The monoisotopic (exact) mass is 427 g/mol. The van der Waals surface area contributed by atoms with Crippen molar-refractivity contribution in [3.63, 3.8) is 0 Å². The molecule has 172 valence electrons. The first-order valence-corrected chi connectivity index (χ1v) is 11.6. The minimum Gasteiger partial charge on any atom is -0.493 e. The van der Waals surface area contributed by atoms with Crippen LogP contribution in [0.1, 0.15) is 76.7 Å². The van der Waals surface area contributed by atoms with E-state index in [1.54, 1.807) is 14.2 Å². The molecule has 0 saturated carbocycles. The number of amides is 1. The molecule has 31 heavy (non-hydrogen) atoms. The zero-order chi connectivity index (χ0) is 22.6. The van der Waals surface area contributed by atoms with E-state index in [1.807, 2.05) is 18.2 Å². The summed E-state index contributed by atoms with van der Waals surface area (Å²) >= 11 is 0. The Labute approximate surface area is 189 Å². The Morgan fingerprint density at radius 2 is 1.48 bits per heavy atom. The molecule has 0 bridgehead atoms. The number of unbranched alkanes of at least 4 members (excludes halogenated alkanes) is 5. The van der Waals surface area contributed by atoms with Crippen LogP contribution >= 0.6 is 0 Å². The largest absolute Gasteiger partial charge is 0.493 e. The molecule has 0 aliphatic heterocycles. The lowest BCUT2D eigenvalue weighted by atomic mass is 10.1. The highest BCUT2D eigenvalue weighted by molar-refractivity contribution is 5.75. The van der Waals surface area contributed by atoms with Crippen molar-refractivity contribution >= 4 is 5.91 Å². The summed E-state index contributed by atoms with van der Waals surface area (Å²) in [5.41, 5.74) is 1.00. The van der Waals surface area contributed by atoms with E-state index in [0.29, 0.717) is 24.5 Å². The number of hydrogen-bond donors (Lipinski definition) is 1. The molecule has 0 fully saturated rings. The van der Waals surface area contributed by atoms with E-state index in [2.05, 4.69) is 48.7 Å². The Bertz CT molecular complexity index is 692. The van der Waals surface area contributed by atoms with Crippen LogP contribution in [-0.4, -0.2) is 20.1 Å². The summed E-state index contributed by atoms with van der Waals surface area (Å²) in [6.45, 7) is 2.67. The van der Waals surface area contributed by atoms with Gasteiger partial charge in [0.05, 0.1) is 14.2 Å². The number of carbonyl (C=O) groups excluding carboxylic acids is 1. The third kappa shape index (κ3) is 13.4. The Morgan fingerprint density at radius 3 is 2.19 bits per heavy atom. The first kappa shape index (κ1) is 26.5. The molecule has 1 aromatic rings. The van der Waals surface area contributed by atoms with Gasteiger partial charge in [-0.15, -0.1) is 0 Å². The number of ether oxygens (including phenoxy) is 2. The molecule has 1 rings (SSSR count). The standard InChI is InChI=1S/C27H41NO3/c1-4-5-6-7-8-9-10-11-12-13-14-15-16-17-18-19-27(29)28-23-24-20-21-25(30-2)26(22-24)31-3/h5-6,8-9,11-12,20-22H,4,7,10,13-19,23H2,1-3H3,(H,28,29)/b6-5-,9-8-,12-11-. The van der Waals surface area contributed by atoms with Gasteiger partial charge in [-0.3, -0.25) is 4.79 Å². The van der Waals surface area contributed by atoms with Crippen LogP contribution in [0, 0.1) is 0 Å². The summed E-state index contributed by atoms with van der Waals surface area (Å²) in [5.74, 6) is 1.48. The lowest BCUT2D eigenvalue weighted by molar-refractivity contribution is -0.121. The molecule has 0 heterocycles. The summed E-state index contributed by atoms with van der Waals surface area (Å²) in [4.78, 5) is 12.0. The van der Waals surface area contributed by atoms with Crippen LogP contribution < -0.4 is 14.8 Å². The van der Waals surface area contributed by atoms with Crippen LogP contribution in [-0.2, 0) is 11.3 Å². The van der Waals surface area contributed by atoms with Crippen molar-refractivity contribution < 1.29 is 14.3 Å². The molecule has 0 radical (unpaired) electrons. The van der Waals surface area contributed by atoms with E-state index in [9.17, 15) is 4.79 Å². The second-order valence-corrected chi connectivity index (χ2v) is 7.57. The topological polar surface area (TPSA) is 47.6 Å². The van der Waals surface area contributed by atoms with Gasteiger partial charge in [-0.25, -0.2) is 0 Å². The van der Waals surface area contributed by atoms with Gasteiger partial charge < -0.3 is 14.8 Å². The van der Waals surface area contributed by atoms with Gasteiger partial charge in [0.15, 0.2) is 11.5 Å².